The zero-order valence-electron chi connectivity index (χ0n) is 9.53. The molecule has 2 heteroatoms. The molecule has 2 nitrogen and oxygen atoms in total. The Labute approximate surface area is 95.6 Å². The van der Waals surface area contributed by atoms with Crippen LogP contribution >= 0.6 is 0 Å². The lowest BCUT2D eigenvalue weighted by atomic mass is 9.79. The van der Waals surface area contributed by atoms with Gasteiger partial charge in [0, 0.05) is 11.5 Å². The highest BCUT2D eigenvalue weighted by atomic mass is 16.5. The number of ketones is 1. The predicted octanol–water partition coefficient (Wildman–Crippen LogP) is 3.17. The smallest absolute Gasteiger partial charge is 0.166 e. The van der Waals surface area contributed by atoms with Crippen molar-refractivity contribution in [3.8, 4) is 5.75 Å². The van der Waals surface area contributed by atoms with Gasteiger partial charge in [-0.3, -0.25) is 4.79 Å². The molecule has 0 heterocycles. The summed E-state index contributed by atoms with van der Waals surface area (Å²) in [6, 6.07) is 5.97. The fraction of sp³-hybridized carbons (Fsp3) is 0.500. The van der Waals surface area contributed by atoms with Crippen molar-refractivity contribution in [2.45, 2.75) is 31.6 Å². The summed E-state index contributed by atoms with van der Waals surface area (Å²) in [7, 11) is 1.65. The standard InChI is InChI=1S/C14H16O2/c1-16-9-6-7-11-10-4-2-3-5-12(10)14(15)13(11)8-9/h6-8,10,12H,2-5H2,1H3/t10-,12-/m0/s1. The Bertz CT molecular complexity index is 436. The second kappa shape index (κ2) is 3.62. The van der Waals surface area contributed by atoms with E-state index in [0.29, 0.717) is 11.7 Å². The summed E-state index contributed by atoms with van der Waals surface area (Å²) in [5, 5.41) is 0. The van der Waals surface area contributed by atoms with Crippen LogP contribution in [0, 0.1) is 5.92 Å². The summed E-state index contributed by atoms with van der Waals surface area (Å²) in [5.74, 6) is 1.89. The van der Waals surface area contributed by atoms with Crippen LogP contribution in [0.2, 0.25) is 0 Å². The highest BCUT2D eigenvalue weighted by Crippen LogP contribution is 2.47. The van der Waals surface area contributed by atoms with Gasteiger partial charge in [0.15, 0.2) is 5.78 Å². The van der Waals surface area contributed by atoms with Crippen molar-refractivity contribution in [2.75, 3.05) is 7.11 Å². The van der Waals surface area contributed by atoms with E-state index in [1.165, 1.54) is 24.8 Å². The van der Waals surface area contributed by atoms with Crippen LogP contribution in [-0.2, 0) is 0 Å². The number of methoxy groups -OCH3 is 1. The fourth-order valence-electron chi connectivity index (χ4n) is 3.22. The van der Waals surface area contributed by atoms with Gasteiger partial charge < -0.3 is 4.74 Å². The molecule has 1 fully saturated rings. The Morgan fingerprint density at radius 1 is 1.19 bits per heavy atom. The predicted molar refractivity (Wildman–Crippen MR) is 62.0 cm³/mol. The normalized spacial score (nSPS) is 27.4. The molecule has 2 atom stereocenters. The third-order valence-corrected chi connectivity index (χ3v) is 4.03. The van der Waals surface area contributed by atoms with Crippen molar-refractivity contribution >= 4 is 5.78 Å². The van der Waals surface area contributed by atoms with E-state index >= 15 is 0 Å². The van der Waals surface area contributed by atoms with Crippen molar-refractivity contribution in [1.82, 2.24) is 0 Å². The molecule has 0 saturated heterocycles. The summed E-state index contributed by atoms with van der Waals surface area (Å²) in [6.45, 7) is 0. The highest BCUT2D eigenvalue weighted by molar-refractivity contribution is 6.03. The maximum absolute atomic E-state index is 12.2. The molecule has 3 rings (SSSR count). The lowest BCUT2D eigenvalue weighted by molar-refractivity contribution is 0.0897. The monoisotopic (exact) mass is 216 g/mol. The second-order valence-electron chi connectivity index (χ2n) is 4.81. The van der Waals surface area contributed by atoms with Crippen LogP contribution in [0.25, 0.3) is 0 Å². The van der Waals surface area contributed by atoms with Gasteiger partial charge in [-0.1, -0.05) is 18.9 Å². The molecule has 1 saturated carbocycles. The third-order valence-electron chi connectivity index (χ3n) is 4.03. The summed E-state index contributed by atoms with van der Waals surface area (Å²) < 4.78 is 5.19. The SMILES string of the molecule is COc1ccc2c(c1)C(=O)[C@H]1CCCC[C@@H]21. The number of ether oxygens (including phenoxy) is 1. The molecule has 0 unspecified atom stereocenters. The Morgan fingerprint density at radius 3 is 2.69 bits per heavy atom. The fourth-order valence-corrected chi connectivity index (χ4v) is 3.22. The van der Waals surface area contributed by atoms with Gasteiger partial charge in [0.1, 0.15) is 5.75 Å². The molecule has 0 amide bonds. The van der Waals surface area contributed by atoms with Crippen molar-refractivity contribution in [3.63, 3.8) is 0 Å². The molecular formula is C14H16O2. The Balaban J connectivity index is 2.06. The molecule has 16 heavy (non-hydrogen) atoms. The average molecular weight is 216 g/mol. The second-order valence-corrected chi connectivity index (χ2v) is 4.81. The van der Waals surface area contributed by atoms with Crippen LogP contribution in [0.3, 0.4) is 0 Å². The molecule has 0 bridgehead atoms. The topological polar surface area (TPSA) is 26.3 Å². The number of hydrogen-bond acceptors (Lipinski definition) is 2. The lowest BCUT2D eigenvalue weighted by Gasteiger charge is -2.24. The number of fused-ring (bicyclic) bond motifs is 3. The highest BCUT2D eigenvalue weighted by Gasteiger charge is 2.40. The number of Topliss-reactive ketones (excluding diaryl/α,β-unsaturated/α-hetero) is 1. The van der Waals surface area contributed by atoms with Gasteiger partial charge in [-0.25, -0.2) is 0 Å². The number of rotatable bonds is 1. The molecule has 0 aliphatic heterocycles. The van der Waals surface area contributed by atoms with Crippen LogP contribution in [-0.4, -0.2) is 12.9 Å². The Kier molecular flexibility index (Phi) is 2.23. The number of carbonyl (C=O) groups excluding carboxylic acids is 1. The van der Waals surface area contributed by atoms with Crippen LogP contribution < -0.4 is 4.74 Å². The van der Waals surface area contributed by atoms with Gasteiger partial charge in [-0.15, -0.1) is 0 Å². The van der Waals surface area contributed by atoms with E-state index in [-0.39, 0.29) is 5.92 Å². The Morgan fingerprint density at radius 2 is 1.94 bits per heavy atom. The van der Waals surface area contributed by atoms with Gasteiger partial charge in [0.2, 0.25) is 0 Å². The maximum atomic E-state index is 12.2. The molecule has 1 aromatic rings. The largest absolute Gasteiger partial charge is 0.497 e. The summed E-state index contributed by atoms with van der Waals surface area (Å²) in [5.41, 5.74) is 2.17. The number of benzene rings is 1. The van der Waals surface area contributed by atoms with E-state index in [1.807, 2.05) is 12.1 Å². The molecule has 0 N–H and O–H groups in total. The molecular weight excluding hydrogens is 200 g/mol. The number of carbonyl (C=O) groups is 1. The van der Waals surface area contributed by atoms with E-state index in [4.69, 9.17) is 4.74 Å². The van der Waals surface area contributed by atoms with Crippen molar-refractivity contribution in [1.29, 1.82) is 0 Å². The van der Waals surface area contributed by atoms with Crippen LogP contribution in [0.5, 0.6) is 5.75 Å². The Hall–Kier alpha value is -1.31. The van der Waals surface area contributed by atoms with E-state index in [2.05, 4.69) is 6.07 Å². The minimum atomic E-state index is 0.260. The molecule has 0 radical (unpaired) electrons. The minimum absolute atomic E-state index is 0.260. The zero-order valence-corrected chi connectivity index (χ0v) is 9.53. The van der Waals surface area contributed by atoms with E-state index in [0.717, 1.165) is 17.7 Å². The molecule has 0 aromatic heterocycles. The first kappa shape index (κ1) is 9.88. The van der Waals surface area contributed by atoms with Crippen molar-refractivity contribution in [2.24, 2.45) is 5.92 Å². The molecule has 1 aromatic carbocycles. The first-order valence-corrected chi connectivity index (χ1v) is 6.03. The first-order valence-electron chi connectivity index (χ1n) is 6.03. The molecule has 2 aliphatic rings. The summed E-state index contributed by atoms with van der Waals surface area (Å²) in [4.78, 5) is 12.2. The first-order chi connectivity index (χ1) is 7.81. The van der Waals surface area contributed by atoms with Crippen molar-refractivity contribution < 1.29 is 9.53 Å². The zero-order chi connectivity index (χ0) is 11.1. The molecule has 0 spiro atoms. The van der Waals surface area contributed by atoms with Gasteiger partial charge in [-0.2, -0.15) is 0 Å². The minimum Gasteiger partial charge on any atom is -0.497 e. The number of hydrogen-bond donors (Lipinski definition) is 0. The van der Waals surface area contributed by atoms with E-state index < -0.39 is 0 Å². The van der Waals surface area contributed by atoms with Gasteiger partial charge in [0.25, 0.3) is 0 Å². The molecule has 2 aliphatic carbocycles. The molecule has 84 valence electrons. The van der Waals surface area contributed by atoms with Gasteiger partial charge in [0.05, 0.1) is 7.11 Å². The van der Waals surface area contributed by atoms with E-state index in [1.54, 1.807) is 7.11 Å². The lowest BCUT2D eigenvalue weighted by Crippen LogP contribution is -2.17. The average Bonchev–Trinajstić information content (AvgIpc) is 2.64. The quantitative estimate of drug-likeness (QED) is 0.720. The van der Waals surface area contributed by atoms with Crippen LogP contribution in [0.15, 0.2) is 18.2 Å². The van der Waals surface area contributed by atoms with E-state index in [9.17, 15) is 4.79 Å². The van der Waals surface area contributed by atoms with Crippen LogP contribution in [0.4, 0.5) is 0 Å². The van der Waals surface area contributed by atoms with Crippen LogP contribution in [0.1, 0.15) is 47.5 Å². The summed E-state index contributed by atoms with van der Waals surface area (Å²) in [6.07, 6.45) is 4.72. The third kappa shape index (κ3) is 1.29. The van der Waals surface area contributed by atoms with Gasteiger partial charge in [-0.05, 0) is 36.5 Å². The maximum Gasteiger partial charge on any atom is 0.166 e. The van der Waals surface area contributed by atoms with Crippen molar-refractivity contribution in [3.05, 3.63) is 29.3 Å². The summed E-state index contributed by atoms with van der Waals surface area (Å²) >= 11 is 0. The van der Waals surface area contributed by atoms with Gasteiger partial charge >= 0.3 is 0 Å².